The van der Waals surface area contributed by atoms with Crippen molar-refractivity contribution in [2.75, 3.05) is 0 Å². The lowest BCUT2D eigenvalue weighted by Gasteiger charge is -2.11. The summed E-state index contributed by atoms with van der Waals surface area (Å²) in [6, 6.07) is 6.69. The molecule has 0 aliphatic carbocycles. The van der Waals surface area contributed by atoms with Crippen molar-refractivity contribution in [3.8, 4) is 5.75 Å². The third-order valence-corrected chi connectivity index (χ3v) is 5.65. The summed E-state index contributed by atoms with van der Waals surface area (Å²) < 4.78 is 12.6. The van der Waals surface area contributed by atoms with Crippen LogP contribution < -0.4 is 15.9 Å². The van der Waals surface area contributed by atoms with E-state index < -0.39 is 0 Å². The second-order valence-corrected chi connectivity index (χ2v) is 7.47. The van der Waals surface area contributed by atoms with Gasteiger partial charge in [-0.1, -0.05) is 25.2 Å². The molecule has 3 aromatic heterocycles. The number of aryl methyl sites for hydroxylation is 3. The van der Waals surface area contributed by atoms with Crippen molar-refractivity contribution < 1.29 is 9.15 Å². The maximum Gasteiger partial charge on any atom is 0.336 e. The highest BCUT2D eigenvalue weighted by atomic mass is 32.1. The van der Waals surface area contributed by atoms with Gasteiger partial charge in [-0.15, -0.1) is 0 Å². The number of aromatic nitrogens is 3. The van der Waals surface area contributed by atoms with Crippen LogP contribution in [0.15, 0.2) is 38.3 Å². The number of benzene rings is 1. The predicted octanol–water partition coefficient (Wildman–Crippen LogP) is 3.27. The van der Waals surface area contributed by atoms with Gasteiger partial charge in [0, 0.05) is 23.1 Å². The standard InChI is InChI=1S/C20H19N3O4S/c1-4-12-8-18(25)27-19-11(3)15(7-6-14(12)19)26-10-13-9-17(24)23-20(21-13)28-16(5-2)22-23/h6-9H,4-5,10H2,1-3H3. The highest BCUT2D eigenvalue weighted by Gasteiger charge is 2.13. The van der Waals surface area contributed by atoms with E-state index in [-0.39, 0.29) is 17.8 Å². The van der Waals surface area contributed by atoms with E-state index in [0.29, 0.717) is 22.0 Å². The summed E-state index contributed by atoms with van der Waals surface area (Å²) in [7, 11) is 0. The molecule has 4 aromatic rings. The van der Waals surface area contributed by atoms with Crippen molar-refractivity contribution >= 4 is 27.3 Å². The molecule has 144 valence electrons. The summed E-state index contributed by atoms with van der Waals surface area (Å²) in [6.07, 6.45) is 1.49. The summed E-state index contributed by atoms with van der Waals surface area (Å²) >= 11 is 1.39. The first kappa shape index (κ1) is 18.4. The fourth-order valence-electron chi connectivity index (χ4n) is 3.12. The minimum Gasteiger partial charge on any atom is -0.487 e. The monoisotopic (exact) mass is 397 g/mol. The minimum absolute atomic E-state index is 0.134. The number of hydrogen-bond acceptors (Lipinski definition) is 7. The van der Waals surface area contributed by atoms with E-state index in [0.717, 1.165) is 34.4 Å². The van der Waals surface area contributed by atoms with Crippen molar-refractivity contribution in [1.82, 2.24) is 14.6 Å². The van der Waals surface area contributed by atoms with Gasteiger partial charge in [0.1, 0.15) is 22.9 Å². The van der Waals surface area contributed by atoms with Gasteiger partial charge >= 0.3 is 5.63 Å². The van der Waals surface area contributed by atoms with Crippen LogP contribution in [-0.2, 0) is 19.4 Å². The van der Waals surface area contributed by atoms with E-state index in [9.17, 15) is 9.59 Å². The second kappa shape index (κ2) is 7.20. The molecular formula is C20H19N3O4S. The highest BCUT2D eigenvalue weighted by molar-refractivity contribution is 7.16. The molecule has 28 heavy (non-hydrogen) atoms. The van der Waals surface area contributed by atoms with Crippen LogP contribution in [0.1, 0.15) is 35.7 Å². The second-order valence-electron chi connectivity index (χ2n) is 6.43. The molecule has 1 aromatic carbocycles. The molecule has 0 saturated heterocycles. The SMILES string of the molecule is CCc1nn2c(=O)cc(COc3ccc4c(CC)cc(=O)oc4c3C)nc2s1. The Morgan fingerprint density at radius 2 is 2.00 bits per heavy atom. The summed E-state index contributed by atoms with van der Waals surface area (Å²) in [5.41, 5.74) is 2.14. The lowest BCUT2D eigenvalue weighted by Crippen LogP contribution is -2.16. The van der Waals surface area contributed by atoms with Crippen molar-refractivity contribution in [2.24, 2.45) is 0 Å². The van der Waals surface area contributed by atoms with E-state index in [1.807, 2.05) is 32.9 Å². The Hall–Kier alpha value is -3.00. The summed E-state index contributed by atoms with van der Waals surface area (Å²) in [5.74, 6) is 0.587. The van der Waals surface area contributed by atoms with Crippen molar-refractivity contribution in [3.63, 3.8) is 0 Å². The number of ether oxygens (including phenoxy) is 1. The molecule has 0 aliphatic rings. The molecule has 0 atom stereocenters. The third-order valence-electron chi connectivity index (χ3n) is 4.60. The van der Waals surface area contributed by atoms with Crippen LogP contribution >= 0.6 is 11.3 Å². The Balaban J connectivity index is 1.67. The molecule has 0 aliphatic heterocycles. The Morgan fingerprint density at radius 3 is 2.75 bits per heavy atom. The van der Waals surface area contributed by atoms with E-state index >= 15 is 0 Å². The summed E-state index contributed by atoms with van der Waals surface area (Å²) in [5, 5.41) is 6.00. The zero-order chi connectivity index (χ0) is 19.8. The first-order valence-corrected chi connectivity index (χ1v) is 9.89. The van der Waals surface area contributed by atoms with Gasteiger partial charge in [-0.3, -0.25) is 4.79 Å². The van der Waals surface area contributed by atoms with Gasteiger partial charge in [0.2, 0.25) is 4.96 Å². The Labute approximate surface area is 164 Å². The molecule has 0 saturated carbocycles. The zero-order valence-corrected chi connectivity index (χ0v) is 16.6. The largest absolute Gasteiger partial charge is 0.487 e. The molecular weight excluding hydrogens is 378 g/mol. The lowest BCUT2D eigenvalue weighted by atomic mass is 10.0. The van der Waals surface area contributed by atoms with Gasteiger partial charge < -0.3 is 9.15 Å². The molecule has 8 heteroatoms. The predicted molar refractivity (Wildman–Crippen MR) is 107 cm³/mol. The number of fused-ring (bicyclic) bond motifs is 2. The molecule has 0 N–H and O–H groups in total. The molecule has 0 amide bonds. The van der Waals surface area contributed by atoms with E-state index in [1.165, 1.54) is 28.0 Å². The van der Waals surface area contributed by atoms with Gasteiger partial charge in [0.25, 0.3) is 5.56 Å². The van der Waals surface area contributed by atoms with E-state index in [2.05, 4.69) is 10.1 Å². The van der Waals surface area contributed by atoms with Crippen molar-refractivity contribution in [3.05, 3.63) is 66.9 Å². The first-order valence-electron chi connectivity index (χ1n) is 9.08. The zero-order valence-electron chi connectivity index (χ0n) is 15.8. The fraction of sp³-hybridized carbons (Fsp3) is 0.300. The lowest BCUT2D eigenvalue weighted by molar-refractivity contribution is 0.299. The van der Waals surface area contributed by atoms with E-state index in [4.69, 9.17) is 9.15 Å². The summed E-state index contributed by atoms with van der Waals surface area (Å²) in [4.78, 5) is 29.1. The van der Waals surface area contributed by atoms with Crippen LogP contribution in [-0.4, -0.2) is 14.6 Å². The molecule has 0 unspecified atom stereocenters. The van der Waals surface area contributed by atoms with Gasteiger partial charge in [0.15, 0.2) is 0 Å². The fourth-order valence-corrected chi connectivity index (χ4v) is 3.98. The highest BCUT2D eigenvalue weighted by Crippen LogP contribution is 2.29. The topological polar surface area (TPSA) is 86.7 Å². The Kier molecular flexibility index (Phi) is 4.72. The van der Waals surface area contributed by atoms with Crippen LogP contribution in [0.2, 0.25) is 0 Å². The maximum atomic E-state index is 12.3. The minimum atomic E-state index is -0.373. The van der Waals surface area contributed by atoms with Crippen LogP contribution in [0.3, 0.4) is 0 Å². The average Bonchev–Trinajstić information content (AvgIpc) is 3.11. The first-order chi connectivity index (χ1) is 13.5. The smallest absolute Gasteiger partial charge is 0.336 e. The van der Waals surface area contributed by atoms with Crippen LogP contribution in [0.25, 0.3) is 15.9 Å². The van der Waals surface area contributed by atoms with Crippen molar-refractivity contribution in [2.45, 2.75) is 40.2 Å². The molecule has 7 nitrogen and oxygen atoms in total. The quantitative estimate of drug-likeness (QED) is 0.481. The number of nitrogens with zero attached hydrogens (tertiary/aromatic N) is 3. The van der Waals surface area contributed by atoms with E-state index in [1.54, 1.807) is 0 Å². The van der Waals surface area contributed by atoms with Crippen LogP contribution in [0, 0.1) is 6.92 Å². The van der Waals surface area contributed by atoms with Crippen LogP contribution in [0.5, 0.6) is 5.75 Å². The molecule has 0 spiro atoms. The Bertz CT molecular complexity index is 1300. The summed E-state index contributed by atoms with van der Waals surface area (Å²) in [6.45, 7) is 5.96. The molecule has 0 fully saturated rings. The van der Waals surface area contributed by atoms with Gasteiger partial charge in [0.05, 0.1) is 5.69 Å². The Morgan fingerprint density at radius 1 is 1.18 bits per heavy atom. The molecule has 4 rings (SSSR count). The van der Waals surface area contributed by atoms with Gasteiger partial charge in [-0.2, -0.15) is 9.61 Å². The maximum absolute atomic E-state index is 12.3. The molecule has 0 bridgehead atoms. The van der Waals surface area contributed by atoms with Crippen LogP contribution in [0.4, 0.5) is 0 Å². The van der Waals surface area contributed by atoms with Gasteiger partial charge in [-0.25, -0.2) is 9.78 Å². The molecule has 0 radical (unpaired) electrons. The normalized spacial score (nSPS) is 11.4. The van der Waals surface area contributed by atoms with Crippen molar-refractivity contribution in [1.29, 1.82) is 0 Å². The average molecular weight is 397 g/mol. The number of hydrogen-bond donors (Lipinski definition) is 0. The number of rotatable bonds is 5. The van der Waals surface area contributed by atoms with Gasteiger partial charge in [-0.05, 0) is 37.5 Å². The molecule has 3 heterocycles. The third kappa shape index (κ3) is 3.20.